The van der Waals surface area contributed by atoms with E-state index in [0.29, 0.717) is 18.6 Å². The van der Waals surface area contributed by atoms with Gasteiger partial charge in [0.2, 0.25) is 10.0 Å². The van der Waals surface area contributed by atoms with E-state index in [-0.39, 0.29) is 30.9 Å². The zero-order valence-electron chi connectivity index (χ0n) is 13.4. The minimum atomic E-state index is -5.00. The van der Waals surface area contributed by atoms with Crippen molar-refractivity contribution in [1.82, 2.24) is 4.72 Å². The molecule has 0 heterocycles. The molecule has 3 N–H and O–H groups in total. The highest BCUT2D eigenvalue weighted by molar-refractivity contribution is 7.89. The number of halogens is 5. The first-order chi connectivity index (χ1) is 10.3. The normalized spacial score (nSPS) is 15.0. The van der Waals surface area contributed by atoms with Crippen LogP contribution in [0.15, 0.2) is 23.1 Å². The van der Waals surface area contributed by atoms with Gasteiger partial charge in [-0.1, -0.05) is 13.8 Å². The Morgan fingerprint density at radius 2 is 1.79 bits per heavy atom. The van der Waals surface area contributed by atoms with Gasteiger partial charge < -0.3 is 5.73 Å². The van der Waals surface area contributed by atoms with Gasteiger partial charge in [-0.2, -0.15) is 13.2 Å². The van der Waals surface area contributed by atoms with Crippen LogP contribution in [0.5, 0.6) is 0 Å². The third-order valence-electron chi connectivity index (χ3n) is 3.23. The number of hydrogen-bond donors (Lipinski definition) is 2. The van der Waals surface area contributed by atoms with Crippen LogP contribution in [-0.2, 0) is 16.2 Å². The van der Waals surface area contributed by atoms with Gasteiger partial charge in [0.1, 0.15) is 5.82 Å². The van der Waals surface area contributed by atoms with Crippen molar-refractivity contribution < 1.29 is 26.0 Å². The fourth-order valence-corrected chi connectivity index (χ4v) is 4.04. The smallest absolute Gasteiger partial charge is 0.329 e. The van der Waals surface area contributed by atoms with Crippen LogP contribution < -0.4 is 10.5 Å². The molecular formula is C14H21ClF4N2O2S. The minimum Gasteiger partial charge on any atom is -0.329 e. The standard InChI is InChI=1S/C14H20F4N2O2S.ClH/c1-9(2)7-13(3,8-19)20-23(21,22)12-5-4-10(15)6-11(12)14(16,17)18;/h4-6,9,20H,7-8,19H2,1-3H3;1H. The van der Waals surface area contributed by atoms with Crippen molar-refractivity contribution in [2.75, 3.05) is 6.54 Å². The summed E-state index contributed by atoms with van der Waals surface area (Å²) < 4.78 is 79.1. The molecule has 0 aliphatic rings. The lowest BCUT2D eigenvalue weighted by molar-refractivity contribution is -0.140. The second kappa shape index (κ2) is 7.99. The van der Waals surface area contributed by atoms with Crippen molar-refractivity contribution in [3.05, 3.63) is 29.6 Å². The van der Waals surface area contributed by atoms with Crippen molar-refractivity contribution in [2.45, 2.75) is 43.8 Å². The first-order valence-corrected chi connectivity index (χ1v) is 8.40. The number of benzene rings is 1. The highest BCUT2D eigenvalue weighted by Gasteiger charge is 2.39. The summed E-state index contributed by atoms with van der Waals surface area (Å²) in [6, 6.07) is 1.44. The Morgan fingerprint density at radius 1 is 1.25 bits per heavy atom. The molecule has 0 bridgehead atoms. The molecule has 0 saturated carbocycles. The maximum atomic E-state index is 13.1. The highest BCUT2D eigenvalue weighted by atomic mass is 35.5. The summed E-state index contributed by atoms with van der Waals surface area (Å²) in [6.07, 6.45) is -4.66. The maximum Gasteiger partial charge on any atom is 0.417 e. The largest absolute Gasteiger partial charge is 0.417 e. The summed E-state index contributed by atoms with van der Waals surface area (Å²) in [6.45, 7) is 5.09. The van der Waals surface area contributed by atoms with E-state index in [0.717, 1.165) is 0 Å². The molecule has 0 spiro atoms. The summed E-state index contributed by atoms with van der Waals surface area (Å²) in [4.78, 5) is -1.02. The van der Waals surface area contributed by atoms with Crippen LogP contribution in [0, 0.1) is 11.7 Å². The zero-order chi connectivity index (χ0) is 18.1. The summed E-state index contributed by atoms with van der Waals surface area (Å²) in [7, 11) is -4.52. The van der Waals surface area contributed by atoms with Gasteiger partial charge in [0.25, 0.3) is 0 Å². The van der Waals surface area contributed by atoms with Crippen molar-refractivity contribution in [1.29, 1.82) is 0 Å². The fraction of sp³-hybridized carbons (Fsp3) is 0.571. The minimum absolute atomic E-state index is 0. The average Bonchev–Trinajstić information content (AvgIpc) is 2.35. The van der Waals surface area contributed by atoms with E-state index < -0.39 is 38.0 Å². The SMILES string of the molecule is CC(C)CC(C)(CN)NS(=O)(=O)c1ccc(F)cc1C(F)(F)F.Cl. The molecule has 0 saturated heterocycles. The van der Waals surface area contributed by atoms with Crippen molar-refractivity contribution in [2.24, 2.45) is 11.7 Å². The lowest BCUT2D eigenvalue weighted by Crippen LogP contribution is -2.52. The molecule has 0 aromatic heterocycles. The lowest BCUT2D eigenvalue weighted by Gasteiger charge is -2.31. The van der Waals surface area contributed by atoms with Gasteiger partial charge in [-0.3, -0.25) is 0 Å². The highest BCUT2D eigenvalue weighted by Crippen LogP contribution is 2.35. The van der Waals surface area contributed by atoms with Crippen LogP contribution in [0.2, 0.25) is 0 Å². The monoisotopic (exact) mass is 392 g/mol. The molecule has 1 rings (SSSR count). The van der Waals surface area contributed by atoms with Crippen molar-refractivity contribution >= 4 is 22.4 Å². The predicted octanol–water partition coefficient (Wildman–Crippen LogP) is 3.31. The molecule has 0 aliphatic heterocycles. The van der Waals surface area contributed by atoms with Crippen LogP contribution in [0.3, 0.4) is 0 Å². The summed E-state index contributed by atoms with van der Waals surface area (Å²) in [5, 5.41) is 0. The second-order valence-electron chi connectivity index (χ2n) is 6.11. The second-order valence-corrected chi connectivity index (χ2v) is 7.76. The molecule has 0 radical (unpaired) electrons. The van der Waals surface area contributed by atoms with Gasteiger partial charge >= 0.3 is 6.18 Å². The van der Waals surface area contributed by atoms with Gasteiger partial charge in [0.15, 0.2) is 0 Å². The van der Waals surface area contributed by atoms with Gasteiger partial charge in [0.05, 0.1) is 10.5 Å². The Hall–Kier alpha value is -0.900. The molecule has 1 atom stereocenters. The molecule has 1 aromatic rings. The number of alkyl halides is 3. The Balaban J connectivity index is 0.00000529. The molecule has 0 amide bonds. The molecule has 0 fully saturated rings. The number of nitrogens with two attached hydrogens (primary N) is 1. The van der Waals surface area contributed by atoms with Crippen LogP contribution in [0.4, 0.5) is 17.6 Å². The van der Waals surface area contributed by atoms with Gasteiger partial charge in [-0.05, 0) is 37.5 Å². The topological polar surface area (TPSA) is 72.2 Å². The Labute approximate surface area is 145 Å². The number of hydrogen-bond acceptors (Lipinski definition) is 3. The molecule has 4 nitrogen and oxygen atoms in total. The van der Waals surface area contributed by atoms with E-state index in [4.69, 9.17) is 5.73 Å². The zero-order valence-corrected chi connectivity index (χ0v) is 15.1. The van der Waals surface area contributed by atoms with E-state index in [1.807, 2.05) is 13.8 Å². The van der Waals surface area contributed by atoms with Crippen molar-refractivity contribution in [3.63, 3.8) is 0 Å². The molecule has 140 valence electrons. The van der Waals surface area contributed by atoms with Gasteiger partial charge in [-0.15, -0.1) is 12.4 Å². The first-order valence-electron chi connectivity index (χ1n) is 6.91. The third kappa shape index (κ3) is 5.87. The van der Waals surface area contributed by atoms with E-state index in [1.165, 1.54) is 6.92 Å². The van der Waals surface area contributed by atoms with E-state index in [1.54, 1.807) is 0 Å². The number of rotatable bonds is 6. The first kappa shape index (κ1) is 23.1. The van der Waals surface area contributed by atoms with E-state index in [2.05, 4.69) is 4.72 Å². The molecular weight excluding hydrogens is 372 g/mol. The molecule has 10 heteroatoms. The van der Waals surface area contributed by atoms with E-state index in [9.17, 15) is 26.0 Å². The summed E-state index contributed by atoms with van der Waals surface area (Å²) in [5.41, 5.74) is 2.93. The van der Waals surface area contributed by atoms with Crippen LogP contribution >= 0.6 is 12.4 Å². The van der Waals surface area contributed by atoms with Crippen LogP contribution in [-0.4, -0.2) is 20.5 Å². The molecule has 1 unspecified atom stereocenters. The molecule has 0 aliphatic carbocycles. The summed E-state index contributed by atoms with van der Waals surface area (Å²) in [5.74, 6) is -1.10. The lowest BCUT2D eigenvalue weighted by atomic mass is 9.92. The Bertz CT molecular complexity index is 665. The number of nitrogens with one attached hydrogen (secondary N) is 1. The fourth-order valence-electron chi connectivity index (χ4n) is 2.41. The predicted molar refractivity (Wildman–Crippen MR) is 85.9 cm³/mol. The number of sulfonamides is 1. The maximum absolute atomic E-state index is 13.1. The van der Waals surface area contributed by atoms with Gasteiger partial charge in [-0.25, -0.2) is 17.5 Å². The average molecular weight is 393 g/mol. The van der Waals surface area contributed by atoms with E-state index >= 15 is 0 Å². The third-order valence-corrected chi connectivity index (χ3v) is 4.92. The van der Waals surface area contributed by atoms with Gasteiger partial charge in [0, 0.05) is 12.1 Å². The summed E-state index contributed by atoms with van der Waals surface area (Å²) >= 11 is 0. The molecule has 1 aromatic carbocycles. The quantitative estimate of drug-likeness (QED) is 0.729. The Kier molecular flexibility index (Phi) is 7.69. The van der Waals surface area contributed by atoms with Crippen LogP contribution in [0.25, 0.3) is 0 Å². The Morgan fingerprint density at radius 3 is 2.21 bits per heavy atom. The van der Waals surface area contributed by atoms with Crippen LogP contribution in [0.1, 0.15) is 32.8 Å². The van der Waals surface area contributed by atoms with Crippen molar-refractivity contribution in [3.8, 4) is 0 Å². The molecule has 24 heavy (non-hydrogen) atoms.